The molecule has 0 saturated carbocycles. The lowest BCUT2D eigenvalue weighted by atomic mass is 10.0. The Morgan fingerprint density at radius 3 is 2.95 bits per heavy atom. The third-order valence-corrected chi connectivity index (χ3v) is 3.78. The van der Waals surface area contributed by atoms with Crippen LogP contribution in [0.4, 0.5) is 0 Å². The molecule has 0 aliphatic carbocycles. The van der Waals surface area contributed by atoms with Gasteiger partial charge < -0.3 is 14.0 Å². The van der Waals surface area contributed by atoms with Crippen LogP contribution in [0.2, 0.25) is 0 Å². The van der Waals surface area contributed by atoms with Gasteiger partial charge in [-0.1, -0.05) is 5.16 Å². The summed E-state index contributed by atoms with van der Waals surface area (Å²) in [7, 11) is 0. The van der Waals surface area contributed by atoms with E-state index < -0.39 is 0 Å². The second-order valence-corrected chi connectivity index (χ2v) is 5.26. The minimum atomic E-state index is -0.0759. The van der Waals surface area contributed by atoms with Gasteiger partial charge in [-0.2, -0.15) is 0 Å². The first kappa shape index (κ1) is 12.9. The molecular weight excluding hydrogens is 256 g/mol. The Labute approximate surface area is 117 Å². The lowest BCUT2D eigenvalue weighted by Gasteiger charge is -2.33. The zero-order valence-electron chi connectivity index (χ0n) is 11.7. The van der Waals surface area contributed by atoms with Crippen LogP contribution in [-0.2, 0) is 0 Å². The Morgan fingerprint density at radius 1 is 1.45 bits per heavy atom. The van der Waals surface area contributed by atoms with Crippen LogP contribution in [0.3, 0.4) is 0 Å². The number of likely N-dealkylation sites (tertiary alicyclic amines) is 1. The van der Waals surface area contributed by atoms with Gasteiger partial charge in [-0.25, -0.2) is 4.98 Å². The molecule has 0 unspecified atom stereocenters. The summed E-state index contributed by atoms with van der Waals surface area (Å²) in [6.07, 6.45) is 5.83. The molecule has 1 aliphatic rings. The molecule has 3 rings (SSSR count). The van der Waals surface area contributed by atoms with E-state index in [1.54, 1.807) is 12.3 Å². The van der Waals surface area contributed by atoms with Crippen molar-refractivity contribution in [2.75, 3.05) is 13.1 Å². The fourth-order valence-electron chi connectivity index (χ4n) is 2.76. The number of imidazole rings is 1. The van der Waals surface area contributed by atoms with Crippen LogP contribution in [0.15, 0.2) is 23.0 Å². The van der Waals surface area contributed by atoms with Gasteiger partial charge in [0.25, 0.3) is 5.91 Å². The summed E-state index contributed by atoms with van der Waals surface area (Å²) in [5.74, 6) is 1.23. The van der Waals surface area contributed by atoms with E-state index in [2.05, 4.69) is 14.7 Å². The Bertz CT molecular complexity index is 616. The number of nitrogens with zero attached hydrogens (tertiary/aromatic N) is 4. The summed E-state index contributed by atoms with van der Waals surface area (Å²) >= 11 is 0. The summed E-state index contributed by atoms with van der Waals surface area (Å²) in [5.41, 5.74) is 0.729. The molecule has 2 aromatic rings. The van der Waals surface area contributed by atoms with Crippen LogP contribution in [0.1, 0.15) is 41.0 Å². The summed E-state index contributed by atoms with van der Waals surface area (Å²) < 4.78 is 7.21. The van der Waals surface area contributed by atoms with Crippen LogP contribution in [0.25, 0.3) is 0 Å². The first-order chi connectivity index (χ1) is 9.65. The average Bonchev–Trinajstić information content (AvgIpc) is 3.07. The molecule has 1 amide bonds. The first-order valence-corrected chi connectivity index (χ1v) is 6.87. The number of carbonyl (C=O) groups excluding carboxylic acids is 1. The molecule has 20 heavy (non-hydrogen) atoms. The molecule has 1 fully saturated rings. The molecule has 0 bridgehead atoms. The number of carbonyl (C=O) groups is 1. The van der Waals surface area contributed by atoms with Crippen molar-refractivity contribution in [2.45, 2.75) is 32.7 Å². The van der Waals surface area contributed by atoms with Crippen LogP contribution in [0.5, 0.6) is 0 Å². The predicted octanol–water partition coefficient (Wildman–Crippen LogP) is 1.97. The van der Waals surface area contributed by atoms with Crippen molar-refractivity contribution in [3.63, 3.8) is 0 Å². The van der Waals surface area contributed by atoms with Gasteiger partial charge in [0.15, 0.2) is 0 Å². The van der Waals surface area contributed by atoms with Crippen LogP contribution >= 0.6 is 0 Å². The summed E-state index contributed by atoms with van der Waals surface area (Å²) in [6.45, 7) is 5.26. The molecule has 0 spiro atoms. The van der Waals surface area contributed by atoms with Gasteiger partial charge >= 0.3 is 0 Å². The molecule has 2 aromatic heterocycles. The average molecular weight is 274 g/mol. The maximum Gasteiger partial charge on any atom is 0.292 e. The molecule has 1 aliphatic heterocycles. The second-order valence-electron chi connectivity index (χ2n) is 5.26. The molecular formula is C14H18N4O2. The first-order valence-electron chi connectivity index (χ1n) is 6.87. The summed E-state index contributed by atoms with van der Waals surface area (Å²) in [4.78, 5) is 18.5. The molecule has 106 valence electrons. The third kappa shape index (κ3) is 2.33. The van der Waals surface area contributed by atoms with Gasteiger partial charge in [0.05, 0.1) is 11.7 Å². The van der Waals surface area contributed by atoms with Crippen LogP contribution in [-0.4, -0.2) is 38.6 Å². The van der Waals surface area contributed by atoms with Crippen LogP contribution in [0, 0.1) is 13.8 Å². The zero-order valence-corrected chi connectivity index (χ0v) is 11.7. The van der Waals surface area contributed by atoms with E-state index in [4.69, 9.17) is 4.52 Å². The number of aryl methyl sites for hydroxylation is 2. The standard InChI is InChI=1S/C14H18N4O2/c1-10-8-13(20-16-10)14(19)17-6-3-4-12(9-17)18-7-5-15-11(18)2/h5,7-8,12H,3-4,6,9H2,1-2H3/t12-/m0/s1. The number of rotatable bonds is 2. The Hall–Kier alpha value is -2.11. The number of aromatic nitrogens is 3. The van der Waals surface area contributed by atoms with Crippen molar-refractivity contribution in [1.82, 2.24) is 19.6 Å². The van der Waals surface area contributed by atoms with Crippen molar-refractivity contribution in [3.05, 3.63) is 35.7 Å². The predicted molar refractivity (Wildman–Crippen MR) is 72.4 cm³/mol. The number of hydrogen-bond donors (Lipinski definition) is 0. The lowest BCUT2D eigenvalue weighted by molar-refractivity contribution is 0.0636. The van der Waals surface area contributed by atoms with Gasteiger partial charge in [-0.3, -0.25) is 4.79 Å². The number of piperidine rings is 1. The maximum atomic E-state index is 12.4. The van der Waals surface area contributed by atoms with Gasteiger partial charge in [-0.15, -0.1) is 0 Å². The smallest absolute Gasteiger partial charge is 0.292 e. The summed E-state index contributed by atoms with van der Waals surface area (Å²) in [5, 5.41) is 3.78. The van der Waals surface area contributed by atoms with E-state index in [1.807, 2.05) is 24.9 Å². The minimum Gasteiger partial charge on any atom is -0.351 e. The second kappa shape index (κ2) is 5.11. The van der Waals surface area contributed by atoms with Crippen molar-refractivity contribution in [3.8, 4) is 0 Å². The fourth-order valence-corrected chi connectivity index (χ4v) is 2.76. The van der Waals surface area contributed by atoms with Gasteiger partial charge in [0.1, 0.15) is 5.82 Å². The molecule has 3 heterocycles. The molecule has 6 heteroatoms. The van der Waals surface area contributed by atoms with Crippen molar-refractivity contribution < 1.29 is 9.32 Å². The van der Waals surface area contributed by atoms with Crippen molar-refractivity contribution in [1.29, 1.82) is 0 Å². The van der Waals surface area contributed by atoms with Crippen LogP contribution < -0.4 is 0 Å². The van der Waals surface area contributed by atoms with E-state index in [0.717, 1.165) is 30.9 Å². The SMILES string of the molecule is Cc1cc(C(=O)N2CCC[C@H](n3ccnc3C)C2)on1. The van der Waals surface area contributed by atoms with Gasteiger partial charge in [0.2, 0.25) is 5.76 Å². The quantitative estimate of drug-likeness (QED) is 0.839. The largest absolute Gasteiger partial charge is 0.351 e. The maximum absolute atomic E-state index is 12.4. The summed E-state index contributed by atoms with van der Waals surface area (Å²) in [6, 6.07) is 1.98. The molecule has 0 radical (unpaired) electrons. The van der Waals surface area contributed by atoms with Gasteiger partial charge in [-0.05, 0) is 26.7 Å². The number of amides is 1. The van der Waals surface area contributed by atoms with Gasteiger partial charge in [0, 0.05) is 31.5 Å². The van der Waals surface area contributed by atoms with E-state index >= 15 is 0 Å². The van der Waals surface area contributed by atoms with E-state index in [9.17, 15) is 4.79 Å². The number of hydrogen-bond acceptors (Lipinski definition) is 4. The highest BCUT2D eigenvalue weighted by atomic mass is 16.5. The Balaban J connectivity index is 1.75. The van der Waals surface area contributed by atoms with E-state index in [-0.39, 0.29) is 5.91 Å². The Morgan fingerprint density at radius 2 is 2.30 bits per heavy atom. The van der Waals surface area contributed by atoms with Crippen molar-refractivity contribution in [2.24, 2.45) is 0 Å². The zero-order chi connectivity index (χ0) is 14.1. The highest BCUT2D eigenvalue weighted by Gasteiger charge is 2.27. The lowest BCUT2D eigenvalue weighted by Crippen LogP contribution is -2.40. The molecule has 1 atom stereocenters. The molecule has 6 nitrogen and oxygen atoms in total. The Kier molecular flexibility index (Phi) is 3.30. The van der Waals surface area contributed by atoms with E-state index in [0.29, 0.717) is 18.3 Å². The van der Waals surface area contributed by atoms with Crippen molar-refractivity contribution >= 4 is 5.91 Å². The molecule has 0 N–H and O–H groups in total. The molecule has 0 aromatic carbocycles. The third-order valence-electron chi connectivity index (χ3n) is 3.78. The highest BCUT2D eigenvalue weighted by molar-refractivity contribution is 5.91. The normalized spacial score (nSPS) is 19.3. The highest BCUT2D eigenvalue weighted by Crippen LogP contribution is 2.24. The topological polar surface area (TPSA) is 64.2 Å². The van der Waals surface area contributed by atoms with E-state index in [1.165, 1.54) is 0 Å². The fraction of sp³-hybridized carbons (Fsp3) is 0.500. The molecule has 1 saturated heterocycles. The monoisotopic (exact) mass is 274 g/mol. The minimum absolute atomic E-state index is 0.0759.